The van der Waals surface area contributed by atoms with Gasteiger partial charge < -0.3 is 4.57 Å². The molecule has 27 heavy (non-hydrogen) atoms. The Hall–Kier alpha value is -2.18. The van der Waals surface area contributed by atoms with E-state index in [1.807, 2.05) is 43.3 Å². The molecule has 0 atom stereocenters. The highest BCUT2D eigenvalue weighted by Gasteiger charge is 2.10. The largest absolute Gasteiger partial charge is 0.318 e. The Morgan fingerprint density at radius 1 is 1.07 bits per heavy atom. The molecule has 4 nitrogen and oxygen atoms in total. The van der Waals surface area contributed by atoms with E-state index in [4.69, 9.17) is 0 Å². The zero-order valence-corrected chi connectivity index (χ0v) is 18.2. The topological polar surface area (TPSA) is 46.4 Å². The van der Waals surface area contributed by atoms with Crippen LogP contribution in [0, 0.1) is 13.8 Å². The second-order valence-electron chi connectivity index (χ2n) is 6.24. The molecule has 1 N–H and O–H groups in total. The highest BCUT2D eigenvalue weighted by molar-refractivity contribution is 9.10. The highest BCUT2D eigenvalue weighted by Crippen LogP contribution is 2.22. The molecule has 3 aromatic rings. The maximum atomic E-state index is 12.1. The Kier molecular flexibility index (Phi) is 6.29. The van der Waals surface area contributed by atoms with Gasteiger partial charge >= 0.3 is 0 Å². The molecule has 0 spiro atoms. The molecule has 138 valence electrons. The van der Waals surface area contributed by atoms with Gasteiger partial charge in [0.1, 0.15) is 0 Å². The fourth-order valence-corrected chi connectivity index (χ4v) is 3.58. The molecule has 0 aliphatic rings. The predicted octanol–water partition coefficient (Wildman–Crippen LogP) is 5.31. The third-order valence-electron chi connectivity index (χ3n) is 4.21. The number of benzene rings is 2. The lowest BCUT2D eigenvalue weighted by Gasteiger charge is -2.09. The van der Waals surface area contributed by atoms with Crippen molar-refractivity contribution >= 4 is 44.0 Å². The smallest absolute Gasteiger partial charge is 0.244 e. The summed E-state index contributed by atoms with van der Waals surface area (Å²) in [4.78, 5) is 12.1. The van der Waals surface area contributed by atoms with Gasteiger partial charge in [-0.05, 0) is 55.8 Å². The average molecular weight is 489 g/mol. The summed E-state index contributed by atoms with van der Waals surface area (Å²) in [7, 11) is 0. The first-order valence-electron chi connectivity index (χ1n) is 8.45. The van der Waals surface area contributed by atoms with Gasteiger partial charge in [0.05, 0.1) is 12.6 Å². The molecule has 0 radical (unpaired) electrons. The predicted molar refractivity (Wildman–Crippen MR) is 117 cm³/mol. The fraction of sp³-hybridized carbons (Fsp3) is 0.143. The van der Waals surface area contributed by atoms with E-state index in [0.717, 1.165) is 37.1 Å². The first-order valence-corrected chi connectivity index (χ1v) is 10.0. The highest BCUT2D eigenvalue weighted by atomic mass is 79.9. The van der Waals surface area contributed by atoms with E-state index in [0.29, 0.717) is 6.42 Å². The molecule has 0 saturated heterocycles. The van der Waals surface area contributed by atoms with Crippen LogP contribution in [0.15, 0.2) is 68.6 Å². The van der Waals surface area contributed by atoms with Crippen LogP contribution in [0.4, 0.5) is 0 Å². The van der Waals surface area contributed by atoms with Crippen LogP contribution < -0.4 is 5.43 Å². The van der Waals surface area contributed by atoms with Crippen molar-refractivity contribution in [3.63, 3.8) is 0 Å². The number of hydrogen-bond donors (Lipinski definition) is 1. The van der Waals surface area contributed by atoms with Gasteiger partial charge in [0.2, 0.25) is 5.91 Å². The molecule has 2 aromatic carbocycles. The summed E-state index contributed by atoms with van der Waals surface area (Å²) in [5, 5.41) is 4.13. The number of carbonyl (C=O) groups is 1. The van der Waals surface area contributed by atoms with E-state index in [2.05, 4.69) is 72.1 Å². The van der Waals surface area contributed by atoms with E-state index in [1.165, 1.54) is 0 Å². The van der Waals surface area contributed by atoms with Crippen molar-refractivity contribution in [2.75, 3.05) is 0 Å². The molecule has 1 amide bonds. The summed E-state index contributed by atoms with van der Waals surface area (Å²) in [5.74, 6) is -0.144. The van der Waals surface area contributed by atoms with Gasteiger partial charge in [-0.25, -0.2) is 5.43 Å². The maximum absolute atomic E-state index is 12.1. The lowest BCUT2D eigenvalue weighted by atomic mass is 10.1. The summed E-state index contributed by atoms with van der Waals surface area (Å²) < 4.78 is 4.18. The first kappa shape index (κ1) is 19.6. The molecular weight excluding hydrogens is 470 g/mol. The third kappa shape index (κ3) is 4.96. The molecule has 0 saturated carbocycles. The monoisotopic (exact) mass is 487 g/mol. The van der Waals surface area contributed by atoms with Crippen molar-refractivity contribution < 1.29 is 4.79 Å². The first-order chi connectivity index (χ1) is 12.9. The van der Waals surface area contributed by atoms with Crippen molar-refractivity contribution in [1.82, 2.24) is 9.99 Å². The third-order valence-corrected chi connectivity index (χ3v) is 5.23. The normalized spacial score (nSPS) is 11.1. The van der Waals surface area contributed by atoms with E-state index in [-0.39, 0.29) is 5.91 Å². The minimum atomic E-state index is -0.144. The number of aryl methyl sites for hydroxylation is 1. The summed E-state index contributed by atoms with van der Waals surface area (Å²) in [6.45, 7) is 4.09. The molecule has 0 fully saturated rings. The van der Waals surface area contributed by atoms with E-state index in [1.54, 1.807) is 6.21 Å². The van der Waals surface area contributed by atoms with Crippen molar-refractivity contribution in [3.05, 3.63) is 86.1 Å². The van der Waals surface area contributed by atoms with Crippen LogP contribution in [0.5, 0.6) is 0 Å². The summed E-state index contributed by atoms with van der Waals surface area (Å²) >= 11 is 6.90. The standard InChI is InChI=1S/C21H19Br2N3O/c1-14-10-17(15(2)26(14)20-5-3-4-19(23)12-20)13-24-25-21(27)11-16-6-8-18(22)9-7-16/h3-10,12-13H,11H2,1-2H3,(H,25,27)/b24-13-. The molecule has 6 heteroatoms. The summed E-state index contributed by atoms with van der Waals surface area (Å²) in [6, 6.07) is 17.9. The van der Waals surface area contributed by atoms with Crippen molar-refractivity contribution in [2.45, 2.75) is 20.3 Å². The minimum absolute atomic E-state index is 0.144. The molecule has 1 heterocycles. The lowest BCUT2D eigenvalue weighted by molar-refractivity contribution is -0.120. The summed E-state index contributed by atoms with van der Waals surface area (Å²) in [6.07, 6.45) is 1.98. The Labute approximate surface area is 175 Å². The van der Waals surface area contributed by atoms with Crippen molar-refractivity contribution in [1.29, 1.82) is 0 Å². The number of carbonyl (C=O) groups excluding carboxylic acids is 1. The van der Waals surface area contributed by atoms with Gasteiger partial charge in [0.15, 0.2) is 0 Å². The maximum Gasteiger partial charge on any atom is 0.244 e. The molecule has 0 aliphatic heterocycles. The molecule has 1 aromatic heterocycles. The quantitative estimate of drug-likeness (QED) is 0.383. The second-order valence-corrected chi connectivity index (χ2v) is 8.07. The minimum Gasteiger partial charge on any atom is -0.318 e. The number of rotatable bonds is 5. The second kappa shape index (κ2) is 8.67. The van der Waals surface area contributed by atoms with Crippen molar-refractivity contribution in [2.24, 2.45) is 5.10 Å². The number of aromatic nitrogens is 1. The Balaban J connectivity index is 1.69. The Morgan fingerprint density at radius 3 is 2.52 bits per heavy atom. The number of nitrogens with one attached hydrogen (secondary N) is 1. The Bertz CT molecular complexity index is 991. The van der Waals surface area contributed by atoms with Crippen LogP contribution in [0.25, 0.3) is 5.69 Å². The van der Waals surface area contributed by atoms with Gasteiger partial charge in [-0.3, -0.25) is 4.79 Å². The molecular formula is C21H19Br2N3O. The average Bonchev–Trinajstić information content (AvgIpc) is 2.91. The van der Waals surface area contributed by atoms with Gasteiger partial charge in [0.25, 0.3) is 0 Å². The Morgan fingerprint density at radius 2 is 1.81 bits per heavy atom. The zero-order valence-electron chi connectivity index (χ0n) is 15.0. The number of hydrazone groups is 1. The lowest BCUT2D eigenvalue weighted by Crippen LogP contribution is -2.19. The summed E-state index contributed by atoms with van der Waals surface area (Å²) in [5.41, 5.74) is 7.77. The fourth-order valence-electron chi connectivity index (χ4n) is 2.93. The molecule has 0 aliphatic carbocycles. The van der Waals surface area contributed by atoms with E-state index >= 15 is 0 Å². The van der Waals surface area contributed by atoms with Gasteiger partial charge in [-0.2, -0.15) is 5.10 Å². The molecule has 3 rings (SSSR count). The van der Waals surface area contributed by atoms with Crippen LogP contribution in [0.2, 0.25) is 0 Å². The SMILES string of the molecule is Cc1cc(/C=N\NC(=O)Cc2ccc(Br)cc2)c(C)n1-c1cccc(Br)c1. The van der Waals surface area contributed by atoms with Crippen LogP contribution in [0.1, 0.15) is 22.5 Å². The zero-order chi connectivity index (χ0) is 19.4. The number of halogens is 2. The van der Waals surface area contributed by atoms with Crippen LogP contribution in [0.3, 0.4) is 0 Å². The van der Waals surface area contributed by atoms with E-state index < -0.39 is 0 Å². The van der Waals surface area contributed by atoms with Gasteiger partial charge in [-0.1, -0.05) is 50.1 Å². The van der Waals surface area contributed by atoms with Gasteiger partial charge in [-0.15, -0.1) is 0 Å². The van der Waals surface area contributed by atoms with Crippen LogP contribution in [-0.2, 0) is 11.2 Å². The van der Waals surface area contributed by atoms with Crippen LogP contribution >= 0.6 is 31.9 Å². The van der Waals surface area contributed by atoms with E-state index in [9.17, 15) is 4.79 Å². The van der Waals surface area contributed by atoms with Gasteiger partial charge in [0, 0.05) is 31.6 Å². The number of amides is 1. The molecule has 0 unspecified atom stereocenters. The number of nitrogens with zero attached hydrogens (tertiary/aromatic N) is 2. The van der Waals surface area contributed by atoms with Crippen molar-refractivity contribution in [3.8, 4) is 5.69 Å². The molecule has 0 bridgehead atoms. The number of hydrogen-bond acceptors (Lipinski definition) is 2. The van der Waals surface area contributed by atoms with Crippen LogP contribution in [-0.4, -0.2) is 16.7 Å².